The van der Waals surface area contributed by atoms with Crippen LogP contribution in [0.5, 0.6) is 11.5 Å². The molecule has 130 valence electrons. The molecule has 4 nitrogen and oxygen atoms in total. The molecule has 4 rings (SSSR count). The van der Waals surface area contributed by atoms with Gasteiger partial charge in [0.25, 0.3) is 0 Å². The lowest BCUT2D eigenvalue weighted by molar-refractivity contribution is -0.137. The van der Waals surface area contributed by atoms with Crippen molar-refractivity contribution >= 4 is 11.5 Å². The van der Waals surface area contributed by atoms with Crippen LogP contribution >= 0.6 is 0 Å². The molecule has 0 saturated carbocycles. The molecule has 2 aromatic rings. The molecule has 2 aliphatic rings. The van der Waals surface area contributed by atoms with Crippen molar-refractivity contribution in [2.75, 3.05) is 26.2 Å². The van der Waals surface area contributed by atoms with Crippen molar-refractivity contribution in [2.45, 2.75) is 6.18 Å². The van der Waals surface area contributed by atoms with Crippen LogP contribution in [0.1, 0.15) is 11.1 Å². The van der Waals surface area contributed by atoms with E-state index in [1.165, 1.54) is 6.07 Å². The maximum atomic E-state index is 13.2. The number of alkyl halides is 3. The lowest BCUT2D eigenvalue weighted by atomic mass is 10.1. The zero-order chi connectivity index (χ0) is 17.4. The molecule has 0 amide bonds. The Bertz CT molecular complexity index is 827. The Kier molecular flexibility index (Phi) is 3.88. The summed E-state index contributed by atoms with van der Waals surface area (Å²) in [4.78, 5) is 6.65. The van der Waals surface area contributed by atoms with Crippen LogP contribution in [0.25, 0.3) is 0 Å². The molecule has 0 spiro atoms. The smallest absolute Gasteiger partial charge is 0.416 e. The Morgan fingerprint density at radius 3 is 2.52 bits per heavy atom. The lowest BCUT2D eigenvalue weighted by Gasteiger charge is -2.30. The lowest BCUT2D eigenvalue weighted by Crippen LogP contribution is -2.46. The van der Waals surface area contributed by atoms with Crippen molar-refractivity contribution < 1.29 is 17.9 Å². The van der Waals surface area contributed by atoms with Gasteiger partial charge in [-0.25, -0.2) is 4.99 Å². The number of hydrogen-bond acceptors (Lipinski definition) is 4. The van der Waals surface area contributed by atoms with Crippen LogP contribution in [-0.2, 0) is 6.18 Å². The van der Waals surface area contributed by atoms with E-state index >= 15 is 0 Å². The van der Waals surface area contributed by atoms with Gasteiger partial charge in [0.05, 0.1) is 11.1 Å². The van der Waals surface area contributed by atoms with E-state index in [0.29, 0.717) is 41.7 Å². The molecule has 1 saturated heterocycles. The largest absolute Gasteiger partial charge is 0.454 e. The highest BCUT2D eigenvalue weighted by Gasteiger charge is 2.33. The van der Waals surface area contributed by atoms with Gasteiger partial charge in [0.2, 0.25) is 0 Å². The molecule has 1 N–H and O–H groups in total. The minimum atomic E-state index is -4.41. The van der Waals surface area contributed by atoms with Crippen LogP contribution in [0.3, 0.4) is 0 Å². The minimum absolute atomic E-state index is 0.368. The second kappa shape index (κ2) is 6.07. The van der Waals surface area contributed by atoms with Gasteiger partial charge in [0.1, 0.15) is 17.3 Å². The van der Waals surface area contributed by atoms with Gasteiger partial charge in [-0.1, -0.05) is 12.1 Å². The van der Waals surface area contributed by atoms with E-state index in [1.807, 2.05) is 17.0 Å². The van der Waals surface area contributed by atoms with E-state index in [4.69, 9.17) is 4.74 Å². The number of piperazine rings is 1. The van der Waals surface area contributed by atoms with Crippen LogP contribution in [0, 0.1) is 0 Å². The number of halogens is 3. The number of nitrogens with zero attached hydrogens (tertiary/aromatic N) is 2. The van der Waals surface area contributed by atoms with E-state index in [0.717, 1.165) is 25.2 Å². The summed E-state index contributed by atoms with van der Waals surface area (Å²) < 4.78 is 45.4. The summed E-state index contributed by atoms with van der Waals surface area (Å²) in [6.45, 7) is 2.87. The summed E-state index contributed by atoms with van der Waals surface area (Å²) in [6.07, 6.45) is -4.41. The summed E-state index contributed by atoms with van der Waals surface area (Å²) in [5, 5.41) is 3.24. The molecule has 0 bridgehead atoms. The molecular formula is C18H16F3N3O. The molecule has 0 unspecified atom stereocenters. The first kappa shape index (κ1) is 16.0. The molecule has 2 heterocycles. The minimum Gasteiger partial charge on any atom is -0.454 e. The number of para-hydroxylation sites is 2. The van der Waals surface area contributed by atoms with Gasteiger partial charge in [-0.15, -0.1) is 0 Å². The van der Waals surface area contributed by atoms with Crippen LogP contribution in [0.15, 0.2) is 47.5 Å². The predicted molar refractivity (Wildman–Crippen MR) is 88.6 cm³/mol. The molecule has 0 aromatic heterocycles. The van der Waals surface area contributed by atoms with Gasteiger partial charge in [-0.2, -0.15) is 13.2 Å². The molecule has 25 heavy (non-hydrogen) atoms. The highest BCUT2D eigenvalue weighted by atomic mass is 19.4. The number of benzene rings is 2. The van der Waals surface area contributed by atoms with Crippen LogP contribution < -0.4 is 10.1 Å². The number of ether oxygens (including phenoxy) is 1. The highest BCUT2D eigenvalue weighted by molar-refractivity contribution is 6.04. The Labute approximate surface area is 142 Å². The molecule has 0 radical (unpaired) electrons. The van der Waals surface area contributed by atoms with Crippen molar-refractivity contribution in [3.8, 4) is 11.5 Å². The zero-order valence-electron chi connectivity index (χ0n) is 13.3. The van der Waals surface area contributed by atoms with Gasteiger partial charge in [0, 0.05) is 26.2 Å². The Morgan fingerprint density at radius 1 is 1.00 bits per heavy atom. The van der Waals surface area contributed by atoms with Crippen molar-refractivity contribution in [1.29, 1.82) is 0 Å². The van der Waals surface area contributed by atoms with Gasteiger partial charge in [-0.3, -0.25) is 0 Å². The number of amidine groups is 1. The topological polar surface area (TPSA) is 36.9 Å². The predicted octanol–water partition coefficient (Wildman–Crippen LogP) is 3.79. The third kappa shape index (κ3) is 3.07. The average Bonchev–Trinajstić information content (AvgIpc) is 2.77. The number of aliphatic imine (C=N–C) groups is 1. The van der Waals surface area contributed by atoms with Crippen molar-refractivity contribution in [3.63, 3.8) is 0 Å². The van der Waals surface area contributed by atoms with Crippen molar-refractivity contribution in [3.05, 3.63) is 53.6 Å². The number of rotatable bonds is 0. The summed E-state index contributed by atoms with van der Waals surface area (Å²) in [7, 11) is 0. The van der Waals surface area contributed by atoms with Crippen LogP contribution in [-0.4, -0.2) is 36.9 Å². The molecule has 0 aliphatic carbocycles. The normalized spacial score (nSPS) is 17.1. The summed E-state index contributed by atoms with van der Waals surface area (Å²) in [5.74, 6) is 1.44. The average molecular weight is 347 g/mol. The Morgan fingerprint density at radius 2 is 1.76 bits per heavy atom. The van der Waals surface area contributed by atoms with Gasteiger partial charge < -0.3 is 15.0 Å². The standard InChI is InChI=1S/C18H16F3N3O/c19-18(20,21)12-5-6-15-13(11-12)17(24-9-7-22-8-10-24)23-14-3-1-2-4-16(14)25-15/h1-6,11,22H,7-10H2. The molecular weight excluding hydrogens is 331 g/mol. The monoisotopic (exact) mass is 347 g/mol. The first-order chi connectivity index (χ1) is 12.0. The van der Waals surface area contributed by atoms with E-state index < -0.39 is 11.7 Å². The Balaban J connectivity index is 1.88. The fourth-order valence-electron chi connectivity index (χ4n) is 3.02. The molecule has 2 aromatic carbocycles. The zero-order valence-corrected chi connectivity index (χ0v) is 13.3. The maximum absolute atomic E-state index is 13.2. The SMILES string of the molecule is FC(F)(F)c1ccc2c(c1)C(N1CCNCC1)=Nc1ccccc1O2. The fraction of sp³-hybridized carbons (Fsp3) is 0.278. The second-order valence-electron chi connectivity index (χ2n) is 5.95. The fourth-order valence-corrected chi connectivity index (χ4v) is 3.02. The first-order valence-electron chi connectivity index (χ1n) is 8.05. The third-order valence-electron chi connectivity index (χ3n) is 4.28. The van der Waals surface area contributed by atoms with Gasteiger partial charge >= 0.3 is 6.18 Å². The highest BCUT2D eigenvalue weighted by Crippen LogP contribution is 2.40. The number of hydrogen-bond donors (Lipinski definition) is 1. The van der Waals surface area contributed by atoms with Gasteiger partial charge in [0.15, 0.2) is 5.75 Å². The molecule has 1 fully saturated rings. The number of fused-ring (bicyclic) bond motifs is 2. The van der Waals surface area contributed by atoms with Crippen LogP contribution in [0.4, 0.5) is 18.9 Å². The molecule has 7 heteroatoms. The van der Waals surface area contributed by atoms with Gasteiger partial charge in [-0.05, 0) is 30.3 Å². The number of nitrogens with one attached hydrogen (secondary N) is 1. The summed E-state index contributed by atoms with van der Waals surface area (Å²) in [5.41, 5.74) is 0.275. The summed E-state index contributed by atoms with van der Waals surface area (Å²) in [6, 6.07) is 10.8. The second-order valence-corrected chi connectivity index (χ2v) is 5.95. The molecule has 0 atom stereocenters. The maximum Gasteiger partial charge on any atom is 0.416 e. The molecule has 2 aliphatic heterocycles. The van der Waals surface area contributed by atoms with Crippen molar-refractivity contribution in [1.82, 2.24) is 10.2 Å². The van der Waals surface area contributed by atoms with Crippen LogP contribution in [0.2, 0.25) is 0 Å². The van der Waals surface area contributed by atoms with E-state index in [-0.39, 0.29) is 0 Å². The summed E-state index contributed by atoms with van der Waals surface area (Å²) >= 11 is 0. The Hall–Kier alpha value is -2.54. The first-order valence-corrected chi connectivity index (χ1v) is 8.05. The quantitative estimate of drug-likeness (QED) is 0.788. The van der Waals surface area contributed by atoms with E-state index in [2.05, 4.69) is 10.3 Å². The van der Waals surface area contributed by atoms with E-state index in [9.17, 15) is 13.2 Å². The van der Waals surface area contributed by atoms with Crippen molar-refractivity contribution in [2.24, 2.45) is 4.99 Å². The third-order valence-corrected chi connectivity index (χ3v) is 4.28. The van der Waals surface area contributed by atoms with E-state index in [1.54, 1.807) is 12.1 Å².